The Kier molecular flexibility index (Phi) is 3.88. The molecule has 1 aliphatic rings. The molecule has 1 saturated heterocycles. The fourth-order valence-corrected chi connectivity index (χ4v) is 1.93. The maximum atomic E-state index is 11.6. The van der Waals surface area contributed by atoms with Gasteiger partial charge in [0, 0.05) is 0 Å². The minimum Gasteiger partial charge on any atom is -0.504 e. The molecule has 1 fully saturated rings. The van der Waals surface area contributed by atoms with Crippen LogP contribution in [0.25, 0.3) is 0 Å². The van der Waals surface area contributed by atoms with Gasteiger partial charge in [-0.05, 0) is 31.0 Å². The quantitative estimate of drug-likeness (QED) is 0.688. The van der Waals surface area contributed by atoms with Gasteiger partial charge in [0.2, 0.25) is 11.8 Å². The molecule has 7 heteroatoms. The highest BCUT2D eigenvalue weighted by atomic mass is 16.5. The zero-order valence-corrected chi connectivity index (χ0v) is 10.8. The summed E-state index contributed by atoms with van der Waals surface area (Å²) in [6.45, 7) is 2.16. The molecule has 7 nitrogen and oxygen atoms in total. The number of amides is 4. The van der Waals surface area contributed by atoms with Gasteiger partial charge in [-0.1, -0.05) is 6.07 Å². The molecule has 1 heterocycles. The number of urea groups is 1. The summed E-state index contributed by atoms with van der Waals surface area (Å²) in [7, 11) is 0. The van der Waals surface area contributed by atoms with E-state index in [0.717, 1.165) is 0 Å². The average Bonchev–Trinajstić information content (AvgIpc) is 2.37. The van der Waals surface area contributed by atoms with Gasteiger partial charge in [-0.3, -0.25) is 20.2 Å². The van der Waals surface area contributed by atoms with Crippen LogP contribution in [0.5, 0.6) is 11.5 Å². The van der Waals surface area contributed by atoms with Crippen LogP contribution in [-0.2, 0) is 16.0 Å². The average molecular weight is 278 g/mol. The van der Waals surface area contributed by atoms with E-state index in [0.29, 0.717) is 12.2 Å². The Morgan fingerprint density at radius 1 is 1.20 bits per heavy atom. The summed E-state index contributed by atoms with van der Waals surface area (Å²) < 4.78 is 5.23. The third-order valence-corrected chi connectivity index (χ3v) is 2.87. The molecule has 0 aliphatic carbocycles. The number of hydrogen-bond acceptors (Lipinski definition) is 5. The van der Waals surface area contributed by atoms with Crippen molar-refractivity contribution in [2.75, 3.05) is 6.61 Å². The normalized spacial score (nSPS) is 15.8. The molecular formula is C13H14N2O5. The molecule has 2 rings (SSSR count). The number of nitrogens with one attached hydrogen (secondary N) is 2. The van der Waals surface area contributed by atoms with Crippen molar-refractivity contribution in [1.29, 1.82) is 0 Å². The maximum Gasteiger partial charge on any atom is 0.328 e. The molecule has 0 atom stereocenters. The van der Waals surface area contributed by atoms with Crippen molar-refractivity contribution in [2.24, 2.45) is 5.92 Å². The molecule has 0 spiro atoms. The highest BCUT2D eigenvalue weighted by molar-refractivity contribution is 6.16. The zero-order chi connectivity index (χ0) is 14.7. The lowest BCUT2D eigenvalue weighted by Crippen LogP contribution is -2.56. The Morgan fingerprint density at radius 2 is 1.85 bits per heavy atom. The zero-order valence-electron chi connectivity index (χ0n) is 10.8. The first kappa shape index (κ1) is 13.9. The number of barbiturate groups is 1. The molecule has 1 aromatic rings. The summed E-state index contributed by atoms with van der Waals surface area (Å²) in [6, 6.07) is 3.78. The van der Waals surface area contributed by atoms with E-state index in [2.05, 4.69) is 0 Å². The largest absolute Gasteiger partial charge is 0.504 e. The number of carbonyl (C=O) groups excluding carboxylic acids is 3. The van der Waals surface area contributed by atoms with Crippen LogP contribution < -0.4 is 15.4 Å². The van der Waals surface area contributed by atoms with Gasteiger partial charge < -0.3 is 9.84 Å². The monoisotopic (exact) mass is 278 g/mol. The number of carbonyl (C=O) groups is 3. The van der Waals surface area contributed by atoms with Crippen molar-refractivity contribution in [3.63, 3.8) is 0 Å². The van der Waals surface area contributed by atoms with Gasteiger partial charge in [0.1, 0.15) is 5.92 Å². The van der Waals surface area contributed by atoms with Crippen LogP contribution >= 0.6 is 0 Å². The molecule has 0 aromatic heterocycles. The predicted molar refractivity (Wildman–Crippen MR) is 68.2 cm³/mol. The van der Waals surface area contributed by atoms with Crippen molar-refractivity contribution >= 4 is 17.8 Å². The maximum absolute atomic E-state index is 11.6. The Bertz CT molecular complexity index is 550. The van der Waals surface area contributed by atoms with Crippen LogP contribution in [0.3, 0.4) is 0 Å². The summed E-state index contributed by atoms with van der Waals surface area (Å²) in [5.41, 5.74) is 0.649. The van der Waals surface area contributed by atoms with Crippen LogP contribution in [0.4, 0.5) is 4.79 Å². The Labute approximate surface area is 114 Å². The van der Waals surface area contributed by atoms with Crippen molar-refractivity contribution in [1.82, 2.24) is 10.6 Å². The van der Waals surface area contributed by atoms with Crippen molar-refractivity contribution < 1.29 is 24.2 Å². The van der Waals surface area contributed by atoms with E-state index >= 15 is 0 Å². The first-order valence-corrected chi connectivity index (χ1v) is 6.11. The van der Waals surface area contributed by atoms with Gasteiger partial charge in [0.15, 0.2) is 11.5 Å². The van der Waals surface area contributed by atoms with E-state index in [1.807, 2.05) is 10.6 Å². The second-order valence-corrected chi connectivity index (χ2v) is 4.30. The summed E-state index contributed by atoms with van der Waals surface area (Å²) in [6.07, 6.45) is 0.116. The summed E-state index contributed by atoms with van der Waals surface area (Å²) in [5, 5.41) is 13.7. The molecule has 106 valence electrons. The molecule has 1 aliphatic heterocycles. The van der Waals surface area contributed by atoms with E-state index in [1.54, 1.807) is 19.1 Å². The summed E-state index contributed by atoms with van der Waals surface area (Å²) in [4.78, 5) is 34.2. The fraction of sp³-hybridized carbons (Fsp3) is 0.308. The molecule has 0 unspecified atom stereocenters. The SMILES string of the molecule is CCOc1cc(CC2C(=O)NC(=O)NC2=O)ccc1O. The third-order valence-electron chi connectivity index (χ3n) is 2.87. The second kappa shape index (κ2) is 5.60. The number of benzene rings is 1. The highest BCUT2D eigenvalue weighted by Crippen LogP contribution is 2.28. The summed E-state index contributed by atoms with van der Waals surface area (Å²) >= 11 is 0. The van der Waals surface area contributed by atoms with Crippen LogP contribution in [0.2, 0.25) is 0 Å². The molecule has 1 aromatic carbocycles. The van der Waals surface area contributed by atoms with Crippen LogP contribution in [-0.4, -0.2) is 29.6 Å². The molecular weight excluding hydrogens is 264 g/mol. The summed E-state index contributed by atoms with van der Waals surface area (Å²) in [5.74, 6) is -1.97. The van der Waals surface area contributed by atoms with Crippen molar-refractivity contribution in [2.45, 2.75) is 13.3 Å². The molecule has 4 amide bonds. The van der Waals surface area contributed by atoms with E-state index in [4.69, 9.17) is 4.74 Å². The van der Waals surface area contributed by atoms with E-state index in [-0.39, 0.29) is 17.9 Å². The van der Waals surface area contributed by atoms with Crippen LogP contribution in [0.15, 0.2) is 18.2 Å². The number of aromatic hydroxyl groups is 1. The molecule has 0 saturated carbocycles. The number of phenolic OH excluding ortho intramolecular Hbond substituents is 1. The fourth-order valence-electron chi connectivity index (χ4n) is 1.93. The van der Waals surface area contributed by atoms with Crippen molar-refractivity contribution in [3.05, 3.63) is 23.8 Å². The molecule has 20 heavy (non-hydrogen) atoms. The van der Waals surface area contributed by atoms with Gasteiger partial charge in [-0.15, -0.1) is 0 Å². The number of imide groups is 2. The lowest BCUT2D eigenvalue weighted by atomic mass is 9.96. The Morgan fingerprint density at radius 3 is 2.45 bits per heavy atom. The first-order valence-electron chi connectivity index (χ1n) is 6.11. The van der Waals surface area contributed by atoms with Crippen LogP contribution in [0, 0.1) is 5.92 Å². The lowest BCUT2D eigenvalue weighted by Gasteiger charge is -2.20. The number of ether oxygens (including phenoxy) is 1. The van der Waals surface area contributed by atoms with Gasteiger partial charge >= 0.3 is 6.03 Å². The second-order valence-electron chi connectivity index (χ2n) is 4.30. The lowest BCUT2D eigenvalue weighted by molar-refractivity contribution is -0.135. The van der Waals surface area contributed by atoms with E-state index < -0.39 is 23.8 Å². The van der Waals surface area contributed by atoms with Crippen LogP contribution in [0.1, 0.15) is 12.5 Å². The highest BCUT2D eigenvalue weighted by Gasteiger charge is 2.34. The van der Waals surface area contributed by atoms with E-state index in [9.17, 15) is 19.5 Å². The minimum atomic E-state index is -0.980. The number of hydrogen-bond donors (Lipinski definition) is 3. The first-order chi connectivity index (χ1) is 9.51. The minimum absolute atomic E-state index is 0.0108. The van der Waals surface area contributed by atoms with Gasteiger partial charge in [-0.2, -0.15) is 0 Å². The number of phenols is 1. The molecule has 3 N–H and O–H groups in total. The smallest absolute Gasteiger partial charge is 0.328 e. The Balaban J connectivity index is 2.17. The van der Waals surface area contributed by atoms with E-state index in [1.165, 1.54) is 6.07 Å². The molecule has 0 radical (unpaired) electrons. The topological polar surface area (TPSA) is 105 Å². The molecule has 0 bridgehead atoms. The standard InChI is InChI=1S/C13H14N2O5/c1-2-20-10-6-7(3-4-9(10)16)5-8-11(17)14-13(19)15-12(8)18/h3-4,6,8,16H,2,5H2,1H3,(H2,14,15,17,18,19). The van der Waals surface area contributed by atoms with Gasteiger partial charge in [-0.25, -0.2) is 4.79 Å². The third kappa shape index (κ3) is 2.87. The van der Waals surface area contributed by atoms with Crippen molar-refractivity contribution in [3.8, 4) is 11.5 Å². The number of rotatable bonds is 4. The van der Waals surface area contributed by atoms with Gasteiger partial charge in [0.05, 0.1) is 6.61 Å². The predicted octanol–water partition coefficient (Wildman–Crippen LogP) is 0.316. The Hall–Kier alpha value is -2.57. The van der Waals surface area contributed by atoms with Gasteiger partial charge in [0.25, 0.3) is 0 Å².